The molecular formula is C15H28N2O3. The molecule has 20 heavy (non-hydrogen) atoms. The van der Waals surface area contributed by atoms with Gasteiger partial charge in [0.05, 0.1) is 5.41 Å². The summed E-state index contributed by atoms with van der Waals surface area (Å²) in [5.74, 6) is -0.804. The Hall–Kier alpha value is -1.26. The molecule has 1 atom stereocenters. The SMILES string of the molecule is CCCCN(CCCC)C(=O)N1CCC(C)(C(=O)O)C1. The maximum Gasteiger partial charge on any atom is 0.320 e. The predicted octanol–water partition coefficient (Wildman–Crippen LogP) is 2.81. The molecule has 1 N–H and O–H groups in total. The summed E-state index contributed by atoms with van der Waals surface area (Å²) in [5, 5.41) is 9.24. The molecule has 1 fully saturated rings. The van der Waals surface area contributed by atoms with E-state index in [9.17, 15) is 14.7 Å². The van der Waals surface area contributed by atoms with E-state index >= 15 is 0 Å². The largest absolute Gasteiger partial charge is 0.481 e. The summed E-state index contributed by atoms with van der Waals surface area (Å²) in [6.07, 6.45) is 4.66. The van der Waals surface area contributed by atoms with Gasteiger partial charge in [-0.15, -0.1) is 0 Å². The Bertz CT molecular complexity index is 338. The summed E-state index contributed by atoms with van der Waals surface area (Å²) < 4.78 is 0. The minimum Gasteiger partial charge on any atom is -0.481 e. The fourth-order valence-corrected chi connectivity index (χ4v) is 2.50. The Morgan fingerprint density at radius 3 is 2.15 bits per heavy atom. The van der Waals surface area contributed by atoms with Crippen LogP contribution in [0.5, 0.6) is 0 Å². The van der Waals surface area contributed by atoms with Gasteiger partial charge in [0, 0.05) is 26.2 Å². The van der Waals surface area contributed by atoms with Crippen LogP contribution in [0.4, 0.5) is 4.79 Å². The highest BCUT2D eigenvalue weighted by Gasteiger charge is 2.42. The lowest BCUT2D eigenvalue weighted by Crippen LogP contribution is -2.44. The third-order valence-electron chi connectivity index (χ3n) is 4.09. The van der Waals surface area contributed by atoms with E-state index in [1.807, 2.05) is 4.90 Å². The van der Waals surface area contributed by atoms with Crippen molar-refractivity contribution in [2.45, 2.75) is 52.9 Å². The number of carbonyl (C=O) groups is 2. The number of amides is 2. The van der Waals surface area contributed by atoms with Gasteiger partial charge in [-0.2, -0.15) is 0 Å². The van der Waals surface area contributed by atoms with Crippen LogP contribution in [0.1, 0.15) is 52.9 Å². The number of likely N-dealkylation sites (tertiary alicyclic amines) is 1. The van der Waals surface area contributed by atoms with Gasteiger partial charge >= 0.3 is 12.0 Å². The van der Waals surface area contributed by atoms with Crippen molar-refractivity contribution in [2.24, 2.45) is 5.41 Å². The summed E-state index contributed by atoms with van der Waals surface area (Å²) in [6.45, 7) is 8.38. The molecule has 116 valence electrons. The molecule has 1 aliphatic heterocycles. The molecule has 0 aromatic carbocycles. The third-order valence-corrected chi connectivity index (χ3v) is 4.09. The fourth-order valence-electron chi connectivity index (χ4n) is 2.50. The number of carbonyl (C=O) groups excluding carboxylic acids is 1. The zero-order chi connectivity index (χ0) is 15.2. The lowest BCUT2D eigenvalue weighted by Gasteiger charge is -2.29. The molecule has 0 aliphatic carbocycles. The summed E-state index contributed by atoms with van der Waals surface area (Å²) in [6, 6.07) is 0.0110. The Labute approximate surface area is 121 Å². The summed E-state index contributed by atoms with van der Waals surface area (Å²) in [7, 11) is 0. The first-order valence-corrected chi connectivity index (χ1v) is 7.72. The fraction of sp³-hybridized carbons (Fsp3) is 0.867. The van der Waals surface area contributed by atoms with Crippen molar-refractivity contribution in [3.05, 3.63) is 0 Å². The maximum atomic E-state index is 12.5. The maximum absolute atomic E-state index is 12.5. The number of urea groups is 1. The van der Waals surface area contributed by atoms with Crippen LogP contribution in [0.2, 0.25) is 0 Å². The molecule has 0 spiro atoms. The molecular weight excluding hydrogens is 256 g/mol. The molecule has 1 rings (SSSR count). The van der Waals surface area contributed by atoms with Gasteiger partial charge in [-0.05, 0) is 26.2 Å². The van der Waals surface area contributed by atoms with E-state index in [1.54, 1.807) is 11.8 Å². The van der Waals surface area contributed by atoms with Crippen LogP contribution in [0, 0.1) is 5.41 Å². The second kappa shape index (κ2) is 7.50. The van der Waals surface area contributed by atoms with E-state index < -0.39 is 11.4 Å². The minimum atomic E-state index is -0.804. The van der Waals surface area contributed by atoms with Gasteiger partial charge < -0.3 is 14.9 Å². The number of rotatable bonds is 7. The average Bonchev–Trinajstić information content (AvgIpc) is 2.82. The molecule has 5 nitrogen and oxygen atoms in total. The van der Waals surface area contributed by atoms with Crippen molar-refractivity contribution in [1.82, 2.24) is 9.80 Å². The van der Waals surface area contributed by atoms with Crippen LogP contribution in [-0.2, 0) is 4.79 Å². The van der Waals surface area contributed by atoms with Crippen molar-refractivity contribution in [3.8, 4) is 0 Å². The summed E-state index contributed by atoms with van der Waals surface area (Å²) in [4.78, 5) is 27.4. The molecule has 0 aromatic rings. The zero-order valence-electron chi connectivity index (χ0n) is 13.0. The normalized spacial score (nSPS) is 22.1. The van der Waals surface area contributed by atoms with Gasteiger partial charge in [-0.25, -0.2) is 4.79 Å². The first-order valence-electron chi connectivity index (χ1n) is 7.72. The number of nitrogens with zero attached hydrogens (tertiary/aromatic N) is 2. The van der Waals surface area contributed by atoms with Crippen molar-refractivity contribution in [2.75, 3.05) is 26.2 Å². The Morgan fingerprint density at radius 2 is 1.75 bits per heavy atom. The topological polar surface area (TPSA) is 60.9 Å². The van der Waals surface area contributed by atoms with Gasteiger partial charge in [0.25, 0.3) is 0 Å². The van der Waals surface area contributed by atoms with Crippen LogP contribution in [0.25, 0.3) is 0 Å². The van der Waals surface area contributed by atoms with Gasteiger partial charge in [-0.3, -0.25) is 4.79 Å². The van der Waals surface area contributed by atoms with Crippen molar-refractivity contribution < 1.29 is 14.7 Å². The zero-order valence-corrected chi connectivity index (χ0v) is 13.0. The lowest BCUT2D eigenvalue weighted by atomic mass is 9.90. The van der Waals surface area contributed by atoms with Crippen LogP contribution in [0.15, 0.2) is 0 Å². The second-order valence-corrected chi connectivity index (χ2v) is 6.01. The number of hydrogen-bond donors (Lipinski definition) is 1. The van der Waals surface area contributed by atoms with Crippen molar-refractivity contribution in [1.29, 1.82) is 0 Å². The minimum absolute atomic E-state index is 0.0110. The first-order chi connectivity index (χ1) is 9.44. The summed E-state index contributed by atoms with van der Waals surface area (Å²) >= 11 is 0. The summed E-state index contributed by atoms with van der Waals surface area (Å²) in [5.41, 5.74) is -0.781. The quantitative estimate of drug-likeness (QED) is 0.782. The van der Waals surface area contributed by atoms with Crippen LogP contribution >= 0.6 is 0 Å². The van der Waals surface area contributed by atoms with Crippen LogP contribution in [0.3, 0.4) is 0 Å². The average molecular weight is 284 g/mol. The molecule has 0 bridgehead atoms. The first kappa shape index (κ1) is 16.8. The van der Waals surface area contributed by atoms with Crippen molar-refractivity contribution in [3.63, 3.8) is 0 Å². The van der Waals surface area contributed by atoms with Gasteiger partial charge in [0.15, 0.2) is 0 Å². The molecule has 1 heterocycles. The molecule has 0 radical (unpaired) electrons. The van der Waals surface area contributed by atoms with E-state index in [4.69, 9.17) is 0 Å². The van der Waals surface area contributed by atoms with Crippen LogP contribution < -0.4 is 0 Å². The number of carboxylic acid groups (broad SMARTS) is 1. The third kappa shape index (κ3) is 4.12. The van der Waals surface area contributed by atoms with E-state index in [-0.39, 0.29) is 6.03 Å². The number of carboxylic acids is 1. The number of unbranched alkanes of at least 4 members (excludes halogenated alkanes) is 2. The highest BCUT2D eigenvalue weighted by molar-refractivity contribution is 5.79. The van der Waals surface area contributed by atoms with E-state index in [0.29, 0.717) is 19.5 Å². The monoisotopic (exact) mass is 284 g/mol. The van der Waals surface area contributed by atoms with E-state index in [0.717, 1.165) is 38.8 Å². The molecule has 1 unspecified atom stereocenters. The Balaban J connectivity index is 2.63. The smallest absolute Gasteiger partial charge is 0.320 e. The second-order valence-electron chi connectivity index (χ2n) is 6.01. The van der Waals surface area contributed by atoms with Gasteiger partial charge in [0.2, 0.25) is 0 Å². The molecule has 0 aromatic heterocycles. The van der Waals surface area contributed by atoms with Crippen LogP contribution in [-0.4, -0.2) is 53.1 Å². The van der Waals surface area contributed by atoms with Gasteiger partial charge in [0.1, 0.15) is 0 Å². The Morgan fingerprint density at radius 1 is 1.20 bits per heavy atom. The number of hydrogen-bond acceptors (Lipinski definition) is 2. The molecule has 5 heteroatoms. The molecule has 0 saturated carbocycles. The standard InChI is InChI=1S/C15H28N2O3/c1-4-6-9-16(10-7-5-2)14(20)17-11-8-15(3,12-17)13(18)19/h4-12H2,1-3H3,(H,18,19). The van der Waals surface area contributed by atoms with E-state index in [2.05, 4.69) is 13.8 Å². The van der Waals surface area contributed by atoms with Gasteiger partial charge in [-0.1, -0.05) is 26.7 Å². The predicted molar refractivity (Wildman–Crippen MR) is 78.7 cm³/mol. The molecule has 2 amide bonds. The van der Waals surface area contributed by atoms with Crippen molar-refractivity contribution >= 4 is 12.0 Å². The number of aliphatic carboxylic acids is 1. The highest BCUT2D eigenvalue weighted by Crippen LogP contribution is 2.30. The Kier molecular flexibility index (Phi) is 6.30. The lowest BCUT2D eigenvalue weighted by molar-refractivity contribution is -0.147. The molecule has 1 saturated heterocycles. The highest BCUT2D eigenvalue weighted by atomic mass is 16.4. The molecule has 1 aliphatic rings. The van der Waals surface area contributed by atoms with E-state index in [1.165, 1.54) is 0 Å².